The number of nitrogens with one attached hydrogen (secondary N) is 1. The Balaban J connectivity index is 1.41. The molecule has 162 valence electrons. The Bertz CT molecular complexity index is 1170. The van der Waals surface area contributed by atoms with Crippen LogP contribution in [0.25, 0.3) is 34.0 Å². The first kappa shape index (κ1) is 21.3. The first-order chi connectivity index (χ1) is 15.6. The highest BCUT2D eigenvalue weighted by Gasteiger charge is 2.11. The van der Waals surface area contributed by atoms with E-state index < -0.39 is 5.97 Å². The number of ether oxygens (including phenoxy) is 1. The minimum absolute atomic E-state index is 0.102. The first-order valence-electron chi connectivity index (χ1n) is 10.2. The van der Waals surface area contributed by atoms with Crippen molar-refractivity contribution in [3.05, 3.63) is 78.4 Å². The van der Waals surface area contributed by atoms with Gasteiger partial charge in [-0.3, -0.25) is 4.79 Å². The van der Waals surface area contributed by atoms with Gasteiger partial charge in [-0.15, -0.1) is 0 Å². The number of aliphatic carboxylic acids is 1. The van der Waals surface area contributed by atoms with E-state index in [1.54, 1.807) is 7.11 Å². The summed E-state index contributed by atoms with van der Waals surface area (Å²) in [5.74, 6) is 0.993. The molecule has 0 spiro atoms. The summed E-state index contributed by atoms with van der Waals surface area (Å²) < 4.78 is 10.7. The molecule has 1 aromatic heterocycles. The zero-order chi connectivity index (χ0) is 22.3. The summed E-state index contributed by atoms with van der Waals surface area (Å²) in [7, 11) is 1.65. The Morgan fingerprint density at radius 1 is 0.906 bits per heavy atom. The van der Waals surface area contributed by atoms with Crippen molar-refractivity contribution in [3.63, 3.8) is 0 Å². The lowest BCUT2D eigenvalue weighted by atomic mass is 10.0. The van der Waals surface area contributed by atoms with Gasteiger partial charge in [-0.2, -0.15) is 4.98 Å². The predicted molar refractivity (Wildman–Crippen MR) is 121 cm³/mol. The molecule has 0 fully saturated rings. The SMILES string of the molecule is COc1ccc(-c2ccc(-c3nc(-c4ccc(CNCCC(=O)O)cc4)no3)cc2)cc1. The fourth-order valence-corrected chi connectivity index (χ4v) is 3.25. The van der Waals surface area contributed by atoms with Gasteiger partial charge in [-0.1, -0.05) is 53.7 Å². The molecule has 0 radical (unpaired) electrons. The number of carboxylic acids is 1. The molecule has 0 unspecified atom stereocenters. The zero-order valence-electron chi connectivity index (χ0n) is 17.6. The quantitative estimate of drug-likeness (QED) is 0.374. The predicted octanol–water partition coefficient (Wildman–Crippen LogP) is 4.64. The van der Waals surface area contributed by atoms with Crippen molar-refractivity contribution in [1.82, 2.24) is 15.5 Å². The summed E-state index contributed by atoms with van der Waals surface area (Å²) in [6, 6.07) is 23.6. The Kier molecular flexibility index (Phi) is 6.57. The highest BCUT2D eigenvalue weighted by atomic mass is 16.5. The summed E-state index contributed by atoms with van der Waals surface area (Å²) >= 11 is 0. The first-order valence-corrected chi connectivity index (χ1v) is 10.2. The number of aromatic nitrogens is 2. The number of carbonyl (C=O) groups is 1. The van der Waals surface area contributed by atoms with E-state index in [0.717, 1.165) is 33.6 Å². The summed E-state index contributed by atoms with van der Waals surface area (Å²) in [6.45, 7) is 1.04. The standard InChI is InChI=1S/C25H23N3O4/c1-31-22-12-10-19(11-13-22)18-6-8-21(9-7-18)25-27-24(28-32-25)20-4-2-17(3-5-20)16-26-15-14-23(29)30/h2-13,26H,14-16H2,1H3,(H,29,30). The molecule has 0 bridgehead atoms. The second-order valence-electron chi connectivity index (χ2n) is 7.25. The van der Waals surface area contributed by atoms with Crippen molar-refractivity contribution in [1.29, 1.82) is 0 Å². The van der Waals surface area contributed by atoms with Crippen LogP contribution >= 0.6 is 0 Å². The summed E-state index contributed by atoms with van der Waals surface area (Å²) in [6.07, 6.45) is 0.102. The molecule has 32 heavy (non-hydrogen) atoms. The van der Waals surface area contributed by atoms with Gasteiger partial charge >= 0.3 is 5.97 Å². The highest BCUT2D eigenvalue weighted by Crippen LogP contribution is 2.27. The van der Waals surface area contributed by atoms with Crippen molar-refractivity contribution in [3.8, 4) is 39.7 Å². The average molecular weight is 429 g/mol. The average Bonchev–Trinajstić information content (AvgIpc) is 3.33. The summed E-state index contributed by atoms with van der Waals surface area (Å²) in [4.78, 5) is 15.1. The Hall–Kier alpha value is -3.97. The van der Waals surface area contributed by atoms with E-state index in [1.807, 2.05) is 72.8 Å². The minimum Gasteiger partial charge on any atom is -0.497 e. The van der Waals surface area contributed by atoms with Crippen LogP contribution in [-0.4, -0.2) is 34.9 Å². The molecule has 0 atom stereocenters. The number of rotatable bonds is 9. The molecule has 4 aromatic rings. The smallest absolute Gasteiger partial charge is 0.304 e. The third kappa shape index (κ3) is 5.19. The number of carboxylic acid groups (broad SMARTS) is 1. The van der Waals surface area contributed by atoms with E-state index in [4.69, 9.17) is 14.4 Å². The van der Waals surface area contributed by atoms with Gasteiger partial charge in [0, 0.05) is 24.2 Å². The van der Waals surface area contributed by atoms with Gasteiger partial charge in [0.15, 0.2) is 0 Å². The molecular formula is C25H23N3O4. The van der Waals surface area contributed by atoms with Crippen molar-refractivity contribution < 1.29 is 19.2 Å². The normalized spacial score (nSPS) is 10.8. The van der Waals surface area contributed by atoms with Crippen molar-refractivity contribution in [2.75, 3.05) is 13.7 Å². The van der Waals surface area contributed by atoms with Gasteiger partial charge in [-0.25, -0.2) is 0 Å². The molecule has 1 heterocycles. The number of benzene rings is 3. The van der Waals surface area contributed by atoms with Crippen LogP contribution in [0, 0.1) is 0 Å². The second kappa shape index (κ2) is 9.89. The molecule has 4 rings (SSSR count). The van der Waals surface area contributed by atoms with Crippen LogP contribution in [0.5, 0.6) is 5.75 Å². The van der Waals surface area contributed by atoms with Gasteiger partial charge in [0.25, 0.3) is 5.89 Å². The topological polar surface area (TPSA) is 97.5 Å². The second-order valence-corrected chi connectivity index (χ2v) is 7.25. The monoisotopic (exact) mass is 429 g/mol. The van der Waals surface area contributed by atoms with E-state index >= 15 is 0 Å². The van der Waals surface area contributed by atoms with E-state index in [2.05, 4.69) is 15.5 Å². The van der Waals surface area contributed by atoms with Crippen LogP contribution in [0.3, 0.4) is 0 Å². The fraction of sp³-hybridized carbons (Fsp3) is 0.160. The number of methoxy groups -OCH3 is 1. The van der Waals surface area contributed by atoms with Gasteiger partial charge in [0.05, 0.1) is 13.5 Å². The van der Waals surface area contributed by atoms with E-state index in [1.165, 1.54) is 0 Å². The fourth-order valence-electron chi connectivity index (χ4n) is 3.25. The molecule has 0 aliphatic rings. The van der Waals surface area contributed by atoms with Crippen LogP contribution < -0.4 is 10.1 Å². The molecule has 2 N–H and O–H groups in total. The minimum atomic E-state index is -0.809. The van der Waals surface area contributed by atoms with E-state index in [9.17, 15) is 4.79 Å². The number of hydrogen-bond donors (Lipinski definition) is 2. The Morgan fingerprint density at radius 3 is 2.12 bits per heavy atom. The molecule has 7 nitrogen and oxygen atoms in total. The number of hydrogen-bond acceptors (Lipinski definition) is 6. The lowest BCUT2D eigenvalue weighted by Crippen LogP contribution is -2.17. The van der Waals surface area contributed by atoms with Crippen molar-refractivity contribution in [2.24, 2.45) is 0 Å². The Labute approximate surface area is 185 Å². The van der Waals surface area contributed by atoms with Gasteiger partial charge in [0.2, 0.25) is 5.82 Å². The third-order valence-electron chi connectivity index (χ3n) is 5.04. The lowest BCUT2D eigenvalue weighted by molar-refractivity contribution is -0.136. The molecule has 0 aliphatic carbocycles. The van der Waals surface area contributed by atoms with Crippen LogP contribution in [-0.2, 0) is 11.3 Å². The van der Waals surface area contributed by atoms with Gasteiger partial charge < -0.3 is 19.7 Å². The molecule has 0 amide bonds. The maximum absolute atomic E-state index is 10.6. The van der Waals surface area contributed by atoms with Crippen molar-refractivity contribution in [2.45, 2.75) is 13.0 Å². The molecule has 3 aromatic carbocycles. The molecule has 7 heteroatoms. The van der Waals surface area contributed by atoms with Crippen LogP contribution in [0.1, 0.15) is 12.0 Å². The summed E-state index contributed by atoms with van der Waals surface area (Å²) in [5.41, 5.74) is 4.94. The molecular weight excluding hydrogens is 406 g/mol. The van der Waals surface area contributed by atoms with Gasteiger partial charge in [-0.05, 0) is 41.0 Å². The van der Waals surface area contributed by atoms with Crippen LogP contribution in [0.2, 0.25) is 0 Å². The highest BCUT2D eigenvalue weighted by molar-refractivity contribution is 5.68. The van der Waals surface area contributed by atoms with E-state index in [-0.39, 0.29) is 6.42 Å². The number of nitrogens with zero attached hydrogens (tertiary/aromatic N) is 2. The van der Waals surface area contributed by atoms with Crippen molar-refractivity contribution >= 4 is 5.97 Å². The van der Waals surface area contributed by atoms with E-state index in [0.29, 0.717) is 24.8 Å². The zero-order valence-corrected chi connectivity index (χ0v) is 17.6. The Morgan fingerprint density at radius 2 is 1.50 bits per heavy atom. The van der Waals surface area contributed by atoms with Crippen LogP contribution in [0.4, 0.5) is 0 Å². The maximum atomic E-state index is 10.6. The maximum Gasteiger partial charge on any atom is 0.304 e. The van der Waals surface area contributed by atoms with Crippen LogP contribution in [0.15, 0.2) is 77.3 Å². The third-order valence-corrected chi connectivity index (χ3v) is 5.04. The largest absolute Gasteiger partial charge is 0.497 e. The lowest BCUT2D eigenvalue weighted by Gasteiger charge is -2.04. The summed E-state index contributed by atoms with van der Waals surface area (Å²) in [5, 5.41) is 15.9. The molecule has 0 aliphatic heterocycles. The molecule has 0 saturated heterocycles. The molecule has 0 saturated carbocycles. The van der Waals surface area contributed by atoms with Gasteiger partial charge in [0.1, 0.15) is 5.75 Å².